The smallest absolute Gasteiger partial charge is 0.287 e. The van der Waals surface area contributed by atoms with Crippen molar-refractivity contribution in [2.45, 2.75) is 58.0 Å². The normalized spacial score (nSPS) is 14.5. The van der Waals surface area contributed by atoms with Crippen molar-refractivity contribution in [1.82, 2.24) is 14.9 Å². The quantitative estimate of drug-likeness (QED) is 0.386. The van der Waals surface area contributed by atoms with Crippen LogP contribution in [0.25, 0.3) is 22.5 Å². The van der Waals surface area contributed by atoms with Gasteiger partial charge in [0.15, 0.2) is 5.82 Å². The molecule has 1 fully saturated rings. The molecule has 1 aliphatic carbocycles. The van der Waals surface area contributed by atoms with E-state index in [4.69, 9.17) is 39.8 Å². The maximum atomic E-state index is 13.4. The first-order valence-corrected chi connectivity index (χ1v) is 12.2. The van der Waals surface area contributed by atoms with Crippen molar-refractivity contribution in [1.29, 1.82) is 0 Å². The maximum Gasteiger partial charge on any atom is 0.287 e. The van der Waals surface area contributed by atoms with Crippen LogP contribution in [0.3, 0.4) is 0 Å². The number of hydrogen-bond acceptors (Lipinski definition) is 2. The average Bonchev–Trinajstić information content (AvgIpc) is 3.14. The minimum atomic E-state index is -0.142. The van der Waals surface area contributed by atoms with Crippen LogP contribution in [-0.4, -0.2) is 21.5 Å². The van der Waals surface area contributed by atoms with Gasteiger partial charge in [-0.05, 0) is 49.6 Å². The highest BCUT2D eigenvalue weighted by atomic mass is 35.5. The van der Waals surface area contributed by atoms with E-state index >= 15 is 0 Å². The van der Waals surface area contributed by atoms with Crippen molar-refractivity contribution < 1.29 is 4.79 Å². The fraction of sp³-hybridized carbons (Fsp3) is 0.360. The van der Waals surface area contributed by atoms with Gasteiger partial charge in [0.1, 0.15) is 0 Å². The van der Waals surface area contributed by atoms with E-state index in [1.165, 1.54) is 6.42 Å². The van der Waals surface area contributed by atoms with Gasteiger partial charge in [-0.25, -0.2) is 4.98 Å². The molecule has 0 unspecified atom stereocenters. The molecular formula is C25H26Cl3N3O. The summed E-state index contributed by atoms with van der Waals surface area (Å²) in [5, 5.41) is 4.91. The molecule has 0 bridgehead atoms. The lowest BCUT2D eigenvalue weighted by molar-refractivity contribution is 0.0913. The third-order valence-electron chi connectivity index (χ3n) is 5.86. The number of carbonyl (C=O) groups is 1. The number of amides is 1. The van der Waals surface area contributed by atoms with Gasteiger partial charge in [0, 0.05) is 33.8 Å². The Kier molecular flexibility index (Phi) is 7.44. The lowest BCUT2D eigenvalue weighted by Gasteiger charge is -2.22. The van der Waals surface area contributed by atoms with Crippen molar-refractivity contribution in [3.05, 3.63) is 63.4 Å². The highest BCUT2D eigenvalue weighted by Crippen LogP contribution is 2.38. The predicted octanol–water partition coefficient (Wildman–Crippen LogP) is 7.65. The van der Waals surface area contributed by atoms with Crippen molar-refractivity contribution in [3.63, 3.8) is 0 Å². The molecule has 0 saturated heterocycles. The highest BCUT2D eigenvalue weighted by molar-refractivity contribution is 6.36. The fourth-order valence-electron chi connectivity index (χ4n) is 4.33. The van der Waals surface area contributed by atoms with Gasteiger partial charge in [0.25, 0.3) is 5.91 Å². The number of benzene rings is 2. The van der Waals surface area contributed by atoms with E-state index in [0.717, 1.165) is 48.9 Å². The fourth-order valence-corrected chi connectivity index (χ4v) is 4.96. The summed E-state index contributed by atoms with van der Waals surface area (Å²) < 4.78 is 2.00. The third-order valence-corrected chi connectivity index (χ3v) is 6.66. The Morgan fingerprint density at radius 3 is 2.38 bits per heavy atom. The van der Waals surface area contributed by atoms with Gasteiger partial charge in [-0.1, -0.05) is 73.1 Å². The van der Waals surface area contributed by atoms with E-state index < -0.39 is 0 Å². The summed E-state index contributed by atoms with van der Waals surface area (Å²) in [7, 11) is 0. The first-order chi connectivity index (χ1) is 15.5. The van der Waals surface area contributed by atoms with Gasteiger partial charge in [-0.15, -0.1) is 0 Å². The Labute approximate surface area is 203 Å². The summed E-state index contributed by atoms with van der Waals surface area (Å²) >= 11 is 18.8. The molecule has 4 nitrogen and oxygen atoms in total. The van der Waals surface area contributed by atoms with Crippen LogP contribution in [0.4, 0.5) is 0 Å². The summed E-state index contributed by atoms with van der Waals surface area (Å²) in [4.78, 5) is 18.2. The van der Waals surface area contributed by atoms with Gasteiger partial charge >= 0.3 is 0 Å². The average molecular weight is 491 g/mol. The molecule has 0 radical (unpaired) electrons. The van der Waals surface area contributed by atoms with E-state index in [1.54, 1.807) is 12.1 Å². The lowest BCUT2D eigenvalue weighted by Crippen LogP contribution is -2.37. The molecule has 32 heavy (non-hydrogen) atoms. The number of imidazole rings is 1. The molecule has 1 amide bonds. The van der Waals surface area contributed by atoms with Crippen LogP contribution in [0.1, 0.15) is 56.1 Å². The highest BCUT2D eigenvalue weighted by Gasteiger charge is 2.26. The predicted molar refractivity (Wildman–Crippen MR) is 133 cm³/mol. The number of carbonyl (C=O) groups excluding carboxylic acids is 1. The van der Waals surface area contributed by atoms with Crippen LogP contribution >= 0.6 is 34.8 Å². The molecule has 0 atom stereocenters. The standard InChI is InChI=1S/C25H26Cl3N3O/c1-2-14-31-23(16-8-10-17(26)11-9-16)22(20-13-12-18(27)15-21(20)28)30-24(31)25(32)29-19-6-4-3-5-7-19/h8-13,15,19H,2-7,14H2,1H3,(H,29,32). The summed E-state index contributed by atoms with van der Waals surface area (Å²) in [5.74, 6) is 0.264. The Morgan fingerprint density at radius 1 is 1.03 bits per heavy atom. The second-order valence-electron chi connectivity index (χ2n) is 8.22. The van der Waals surface area contributed by atoms with Gasteiger partial charge < -0.3 is 9.88 Å². The van der Waals surface area contributed by atoms with Gasteiger partial charge in [0.05, 0.1) is 16.4 Å². The molecule has 1 N–H and O–H groups in total. The van der Waals surface area contributed by atoms with Crippen molar-refractivity contribution in [2.75, 3.05) is 0 Å². The number of halogens is 3. The third kappa shape index (κ3) is 4.98. The summed E-state index contributed by atoms with van der Waals surface area (Å²) in [6.45, 7) is 2.74. The molecular weight excluding hydrogens is 465 g/mol. The van der Waals surface area contributed by atoms with E-state index in [-0.39, 0.29) is 11.9 Å². The van der Waals surface area contributed by atoms with Crippen LogP contribution in [0.15, 0.2) is 42.5 Å². The summed E-state index contributed by atoms with van der Waals surface area (Å²) in [6, 6.07) is 13.1. The maximum absolute atomic E-state index is 13.4. The van der Waals surface area contributed by atoms with Crippen LogP contribution in [-0.2, 0) is 6.54 Å². The van der Waals surface area contributed by atoms with E-state index in [1.807, 2.05) is 34.9 Å². The zero-order valence-corrected chi connectivity index (χ0v) is 20.3. The topological polar surface area (TPSA) is 46.9 Å². The second kappa shape index (κ2) is 10.3. The zero-order chi connectivity index (χ0) is 22.7. The van der Waals surface area contributed by atoms with Crippen LogP contribution in [0.5, 0.6) is 0 Å². The molecule has 0 aliphatic heterocycles. The monoisotopic (exact) mass is 489 g/mol. The molecule has 3 aromatic rings. The largest absolute Gasteiger partial charge is 0.347 e. The van der Waals surface area contributed by atoms with E-state index in [2.05, 4.69) is 12.2 Å². The zero-order valence-electron chi connectivity index (χ0n) is 18.0. The van der Waals surface area contributed by atoms with Gasteiger partial charge in [0.2, 0.25) is 0 Å². The molecule has 0 spiro atoms. The minimum Gasteiger partial charge on any atom is -0.347 e. The minimum absolute atomic E-state index is 0.142. The Hall–Kier alpha value is -2.01. The van der Waals surface area contributed by atoms with Crippen LogP contribution in [0.2, 0.25) is 15.1 Å². The summed E-state index contributed by atoms with van der Waals surface area (Å²) in [5.41, 5.74) is 3.17. The molecule has 168 valence electrons. The number of rotatable bonds is 6. The number of aromatic nitrogens is 2. The van der Waals surface area contributed by atoms with Crippen LogP contribution < -0.4 is 5.32 Å². The first kappa shape index (κ1) is 23.2. The SMILES string of the molecule is CCCn1c(C(=O)NC2CCCCC2)nc(-c2ccc(Cl)cc2Cl)c1-c1ccc(Cl)cc1. The van der Waals surface area contributed by atoms with E-state index in [9.17, 15) is 4.79 Å². The lowest BCUT2D eigenvalue weighted by atomic mass is 9.95. The Balaban J connectivity index is 1.86. The van der Waals surface area contributed by atoms with Gasteiger partial charge in [-0.2, -0.15) is 0 Å². The Morgan fingerprint density at radius 2 is 1.72 bits per heavy atom. The molecule has 1 saturated carbocycles. The van der Waals surface area contributed by atoms with Crippen LogP contribution in [0, 0.1) is 0 Å². The Bertz CT molecular complexity index is 1100. The van der Waals surface area contributed by atoms with Crippen molar-refractivity contribution in [3.8, 4) is 22.5 Å². The molecule has 1 aromatic heterocycles. The second-order valence-corrected chi connectivity index (χ2v) is 9.50. The van der Waals surface area contributed by atoms with Gasteiger partial charge in [-0.3, -0.25) is 4.79 Å². The molecule has 1 heterocycles. The summed E-state index contributed by atoms with van der Waals surface area (Å²) in [6.07, 6.45) is 6.41. The number of nitrogens with one attached hydrogen (secondary N) is 1. The molecule has 2 aromatic carbocycles. The van der Waals surface area contributed by atoms with E-state index in [0.29, 0.717) is 33.1 Å². The number of hydrogen-bond donors (Lipinski definition) is 1. The number of nitrogens with zero attached hydrogens (tertiary/aromatic N) is 2. The molecule has 7 heteroatoms. The molecule has 4 rings (SSSR count). The molecule has 1 aliphatic rings. The first-order valence-electron chi connectivity index (χ1n) is 11.1. The van der Waals surface area contributed by atoms with Crippen molar-refractivity contribution in [2.24, 2.45) is 0 Å². The van der Waals surface area contributed by atoms with Crippen molar-refractivity contribution >= 4 is 40.7 Å².